The number of carbonyl (C=O) groups excluding carboxylic acids is 2. The third-order valence-corrected chi connectivity index (χ3v) is 9.27. The van der Waals surface area contributed by atoms with Crippen LogP contribution in [0.1, 0.15) is 56.4 Å². The third-order valence-electron chi connectivity index (χ3n) is 6.78. The Morgan fingerprint density at radius 2 is 1.48 bits per heavy atom. The van der Waals surface area contributed by atoms with E-state index in [1.165, 1.54) is 17.0 Å². The van der Waals surface area contributed by atoms with Gasteiger partial charge in [0, 0.05) is 27.7 Å². The SMILES string of the molecule is CC[C@@H](C(=O)NC(C)(C)C)N(Cc1c(Cl)cccc1Cl)C(=O)CN(c1ccc(C)cc1C)S(=O)(=O)c1ccc(C)cc1. The van der Waals surface area contributed by atoms with E-state index in [4.69, 9.17) is 23.2 Å². The molecule has 0 saturated heterocycles. The van der Waals surface area contributed by atoms with Crippen LogP contribution in [-0.2, 0) is 26.2 Å². The lowest BCUT2D eigenvalue weighted by Gasteiger charge is -2.35. The Balaban J connectivity index is 2.15. The van der Waals surface area contributed by atoms with E-state index in [0.717, 1.165) is 15.4 Å². The highest BCUT2D eigenvalue weighted by Gasteiger charge is 2.35. The summed E-state index contributed by atoms with van der Waals surface area (Å²) in [6.07, 6.45) is 0.282. The van der Waals surface area contributed by atoms with E-state index < -0.39 is 34.1 Å². The van der Waals surface area contributed by atoms with Crippen molar-refractivity contribution in [1.29, 1.82) is 0 Å². The first-order valence-corrected chi connectivity index (χ1v) is 16.0. The lowest BCUT2D eigenvalue weighted by atomic mass is 10.1. The molecule has 3 aromatic rings. The normalized spacial score (nSPS) is 12.5. The molecule has 7 nitrogen and oxygen atoms in total. The van der Waals surface area contributed by atoms with Gasteiger partial charge in [0.1, 0.15) is 12.6 Å². The Labute approximate surface area is 259 Å². The van der Waals surface area contributed by atoms with Gasteiger partial charge < -0.3 is 10.2 Å². The fourth-order valence-electron chi connectivity index (χ4n) is 4.66. The fraction of sp³-hybridized carbons (Fsp3) is 0.375. The molecule has 1 N–H and O–H groups in total. The molecule has 2 amide bonds. The Kier molecular flexibility index (Phi) is 10.7. The van der Waals surface area contributed by atoms with Crippen LogP contribution in [0.25, 0.3) is 0 Å². The van der Waals surface area contributed by atoms with E-state index in [2.05, 4.69) is 5.32 Å². The van der Waals surface area contributed by atoms with Crippen molar-refractivity contribution in [2.45, 2.75) is 77.9 Å². The van der Waals surface area contributed by atoms with Gasteiger partial charge in [0.2, 0.25) is 11.8 Å². The zero-order chi connectivity index (χ0) is 31.4. The molecule has 0 aliphatic rings. The Morgan fingerprint density at radius 3 is 2.00 bits per heavy atom. The highest BCUT2D eigenvalue weighted by atomic mass is 35.5. The Hall–Kier alpha value is -3.07. The lowest BCUT2D eigenvalue weighted by molar-refractivity contribution is -0.141. The standard InChI is InChI=1S/C32H39Cl2N3O4S/c1-8-28(31(39)35-32(5,6)7)36(19-25-26(33)10-9-11-27(25)34)30(38)20-37(29-17-14-22(3)18-23(29)4)42(40,41)24-15-12-21(2)13-16-24/h9-18,28H,8,19-20H2,1-7H3,(H,35,39)/t28-/m0/s1. The maximum Gasteiger partial charge on any atom is 0.264 e. The molecular weight excluding hydrogens is 593 g/mol. The molecule has 42 heavy (non-hydrogen) atoms. The highest BCUT2D eigenvalue weighted by Crippen LogP contribution is 2.30. The quantitative estimate of drug-likeness (QED) is 0.265. The smallest absolute Gasteiger partial charge is 0.264 e. The zero-order valence-electron chi connectivity index (χ0n) is 25.2. The van der Waals surface area contributed by atoms with E-state index in [1.54, 1.807) is 56.3 Å². The molecule has 0 bridgehead atoms. The highest BCUT2D eigenvalue weighted by molar-refractivity contribution is 7.92. The van der Waals surface area contributed by atoms with Gasteiger partial charge >= 0.3 is 0 Å². The Morgan fingerprint density at radius 1 is 0.905 bits per heavy atom. The van der Waals surface area contributed by atoms with Crippen molar-refractivity contribution in [3.63, 3.8) is 0 Å². The Bertz CT molecular complexity index is 1530. The number of halogens is 2. The second kappa shape index (κ2) is 13.5. The van der Waals surface area contributed by atoms with Crippen LogP contribution in [0, 0.1) is 20.8 Å². The van der Waals surface area contributed by atoms with Crippen molar-refractivity contribution < 1.29 is 18.0 Å². The maximum atomic E-state index is 14.3. The summed E-state index contributed by atoms with van der Waals surface area (Å²) in [6.45, 7) is 12.3. The first kappa shape index (κ1) is 33.4. The summed E-state index contributed by atoms with van der Waals surface area (Å²) >= 11 is 13.0. The number of sulfonamides is 1. The van der Waals surface area contributed by atoms with E-state index >= 15 is 0 Å². The van der Waals surface area contributed by atoms with Crippen molar-refractivity contribution in [2.75, 3.05) is 10.8 Å². The van der Waals surface area contributed by atoms with Gasteiger partial charge in [-0.25, -0.2) is 8.42 Å². The number of nitrogens with one attached hydrogen (secondary N) is 1. The molecule has 1 atom stereocenters. The van der Waals surface area contributed by atoms with Gasteiger partial charge in [-0.3, -0.25) is 13.9 Å². The minimum absolute atomic E-state index is 0.0547. The molecule has 0 aliphatic carbocycles. The number of carbonyl (C=O) groups is 2. The molecule has 0 unspecified atom stereocenters. The van der Waals surface area contributed by atoms with Gasteiger partial charge in [0.15, 0.2) is 0 Å². The van der Waals surface area contributed by atoms with Crippen LogP contribution in [0.2, 0.25) is 10.0 Å². The number of amides is 2. The third kappa shape index (κ3) is 8.06. The fourth-order valence-corrected chi connectivity index (χ4v) is 6.66. The minimum atomic E-state index is -4.17. The molecule has 0 heterocycles. The maximum absolute atomic E-state index is 14.3. The average molecular weight is 633 g/mol. The summed E-state index contributed by atoms with van der Waals surface area (Å²) in [7, 11) is -4.17. The van der Waals surface area contributed by atoms with Gasteiger partial charge in [0.05, 0.1) is 10.6 Å². The summed E-state index contributed by atoms with van der Waals surface area (Å²) in [6, 6.07) is 15.9. The predicted molar refractivity (Wildman–Crippen MR) is 171 cm³/mol. The molecule has 0 radical (unpaired) electrons. The zero-order valence-corrected chi connectivity index (χ0v) is 27.5. The summed E-state index contributed by atoms with van der Waals surface area (Å²) < 4.78 is 29.3. The van der Waals surface area contributed by atoms with E-state index in [9.17, 15) is 18.0 Å². The number of anilines is 1. The van der Waals surface area contributed by atoms with Crippen molar-refractivity contribution in [3.05, 3.63) is 93.0 Å². The van der Waals surface area contributed by atoms with Crippen LogP contribution in [0.4, 0.5) is 5.69 Å². The minimum Gasteiger partial charge on any atom is -0.350 e. The van der Waals surface area contributed by atoms with E-state index in [1.807, 2.05) is 40.7 Å². The van der Waals surface area contributed by atoms with Crippen molar-refractivity contribution in [2.24, 2.45) is 0 Å². The summed E-state index contributed by atoms with van der Waals surface area (Å²) in [5.74, 6) is -0.932. The van der Waals surface area contributed by atoms with Crippen LogP contribution in [0.15, 0.2) is 65.6 Å². The number of hydrogen-bond acceptors (Lipinski definition) is 4. The van der Waals surface area contributed by atoms with E-state index in [0.29, 0.717) is 26.9 Å². The molecule has 3 rings (SSSR count). The summed E-state index contributed by atoms with van der Waals surface area (Å²) in [5.41, 5.74) is 2.84. The van der Waals surface area contributed by atoms with Crippen LogP contribution < -0.4 is 9.62 Å². The molecule has 10 heteroatoms. The molecule has 226 valence electrons. The largest absolute Gasteiger partial charge is 0.350 e. The molecule has 0 spiro atoms. The van der Waals surface area contributed by atoms with Crippen LogP contribution in [0.5, 0.6) is 0 Å². The second-order valence-corrected chi connectivity index (χ2v) is 14.2. The predicted octanol–water partition coefficient (Wildman–Crippen LogP) is 6.84. The molecular formula is C32H39Cl2N3O4S. The van der Waals surface area contributed by atoms with Crippen LogP contribution >= 0.6 is 23.2 Å². The van der Waals surface area contributed by atoms with Crippen LogP contribution in [0.3, 0.4) is 0 Å². The van der Waals surface area contributed by atoms with Crippen molar-refractivity contribution >= 4 is 50.7 Å². The van der Waals surface area contributed by atoms with Crippen molar-refractivity contribution in [1.82, 2.24) is 10.2 Å². The topological polar surface area (TPSA) is 86.8 Å². The number of rotatable bonds is 10. The first-order valence-electron chi connectivity index (χ1n) is 13.8. The van der Waals surface area contributed by atoms with E-state index in [-0.39, 0.29) is 23.8 Å². The molecule has 3 aromatic carbocycles. The number of benzene rings is 3. The monoisotopic (exact) mass is 631 g/mol. The number of aryl methyl sites for hydroxylation is 3. The first-order chi connectivity index (χ1) is 19.5. The van der Waals surface area contributed by atoms with Gasteiger partial charge in [-0.05, 0) is 83.9 Å². The number of hydrogen-bond donors (Lipinski definition) is 1. The van der Waals surface area contributed by atoms with Gasteiger partial charge in [-0.2, -0.15) is 0 Å². The lowest BCUT2D eigenvalue weighted by Crippen LogP contribution is -2.55. The second-order valence-electron chi connectivity index (χ2n) is 11.5. The van der Waals surface area contributed by atoms with Gasteiger partial charge in [0.25, 0.3) is 10.0 Å². The van der Waals surface area contributed by atoms with Gasteiger partial charge in [-0.15, -0.1) is 0 Å². The summed E-state index contributed by atoms with van der Waals surface area (Å²) in [4.78, 5) is 29.2. The van der Waals surface area contributed by atoms with Crippen LogP contribution in [-0.4, -0.2) is 43.3 Å². The molecule has 0 fully saturated rings. The molecule has 0 saturated carbocycles. The molecule has 0 aliphatic heterocycles. The molecule has 0 aromatic heterocycles. The van der Waals surface area contributed by atoms with Crippen molar-refractivity contribution in [3.8, 4) is 0 Å². The summed E-state index contributed by atoms with van der Waals surface area (Å²) in [5, 5.41) is 3.63. The number of nitrogens with zero attached hydrogens (tertiary/aromatic N) is 2. The average Bonchev–Trinajstić information content (AvgIpc) is 2.88. The van der Waals surface area contributed by atoms with Gasteiger partial charge in [-0.1, -0.05) is 71.6 Å².